The lowest BCUT2D eigenvalue weighted by Gasteiger charge is -2.26. The maximum absolute atomic E-state index is 13.8. The standard InChI is InChI=1S/C12H12F2N4/c13-7-2-1-3-8(14)11(7)10-4-5-16-12-9(15)6-17-18(10)12/h1-3,6,10,16H,4-5,15H2. The molecule has 0 saturated heterocycles. The van der Waals surface area contributed by atoms with Crippen LogP contribution in [0.25, 0.3) is 0 Å². The van der Waals surface area contributed by atoms with Crippen LogP contribution in [0.4, 0.5) is 20.3 Å². The SMILES string of the molecule is Nc1cnn2c1NCCC2c1c(F)cccc1F. The van der Waals surface area contributed by atoms with Crippen molar-refractivity contribution in [1.82, 2.24) is 9.78 Å². The minimum absolute atomic E-state index is 0.0448. The number of hydrogen-bond acceptors (Lipinski definition) is 3. The Hall–Kier alpha value is -2.11. The number of nitrogen functional groups attached to an aromatic ring is 1. The van der Waals surface area contributed by atoms with Gasteiger partial charge in [0.2, 0.25) is 0 Å². The average molecular weight is 250 g/mol. The second-order valence-electron chi connectivity index (χ2n) is 4.26. The summed E-state index contributed by atoms with van der Waals surface area (Å²) in [5, 5.41) is 7.17. The van der Waals surface area contributed by atoms with E-state index in [1.807, 2.05) is 0 Å². The van der Waals surface area contributed by atoms with Crippen LogP contribution < -0.4 is 11.1 Å². The van der Waals surface area contributed by atoms with E-state index in [-0.39, 0.29) is 5.56 Å². The van der Waals surface area contributed by atoms with Gasteiger partial charge in [0.1, 0.15) is 17.5 Å². The molecule has 1 aromatic heterocycles. The van der Waals surface area contributed by atoms with Gasteiger partial charge < -0.3 is 11.1 Å². The fourth-order valence-corrected chi connectivity index (χ4v) is 2.34. The number of nitrogens with one attached hydrogen (secondary N) is 1. The molecule has 1 aromatic carbocycles. The van der Waals surface area contributed by atoms with Gasteiger partial charge in [0.05, 0.1) is 17.9 Å². The molecule has 0 spiro atoms. The number of halogens is 2. The number of nitrogens with zero attached hydrogens (tertiary/aromatic N) is 2. The molecule has 2 heterocycles. The zero-order chi connectivity index (χ0) is 12.7. The summed E-state index contributed by atoms with van der Waals surface area (Å²) in [4.78, 5) is 0. The van der Waals surface area contributed by atoms with Crippen LogP contribution in [0.5, 0.6) is 0 Å². The molecule has 1 unspecified atom stereocenters. The first kappa shape index (κ1) is 11.0. The van der Waals surface area contributed by atoms with E-state index in [2.05, 4.69) is 10.4 Å². The van der Waals surface area contributed by atoms with Crippen LogP contribution in [-0.2, 0) is 0 Å². The minimum atomic E-state index is -0.554. The topological polar surface area (TPSA) is 55.9 Å². The number of nitrogens with two attached hydrogens (primary N) is 1. The average Bonchev–Trinajstić information content (AvgIpc) is 2.72. The Morgan fingerprint density at radius 1 is 1.33 bits per heavy atom. The first-order valence-corrected chi connectivity index (χ1v) is 5.69. The summed E-state index contributed by atoms with van der Waals surface area (Å²) in [6.45, 7) is 0.605. The maximum atomic E-state index is 13.8. The summed E-state index contributed by atoms with van der Waals surface area (Å²) in [6, 6.07) is 3.41. The van der Waals surface area contributed by atoms with Crippen molar-refractivity contribution >= 4 is 11.5 Å². The molecule has 0 bridgehead atoms. The normalized spacial score (nSPS) is 18.2. The molecule has 6 heteroatoms. The van der Waals surface area contributed by atoms with Crippen LogP contribution in [0.15, 0.2) is 24.4 Å². The van der Waals surface area contributed by atoms with Gasteiger partial charge in [0, 0.05) is 12.1 Å². The second kappa shape index (κ2) is 3.97. The molecule has 0 fully saturated rings. The van der Waals surface area contributed by atoms with Crippen molar-refractivity contribution in [1.29, 1.82) is 0 Å². The molecule has 0 radical (unpaired) electrons. The highest BCUT2D eigenvalue weighted by Crippen LogP contribution is 2.34. The lowest BCUT2D eigenvalue weighted by atomic mass is 10.0. The summed E-state index contributed by atoms with van der Waals surface area (Å²) in [7, 11) is 0. The number of fused-ring (bicyclic) bond motifs is 1. The van der Waals surface area contributed by atoms with Crippen molar-refractivity contribution in [3.8, 4) is 0 Å². The molecule has 0 amide bonds. The fourth-order valence-electron chi connectivity index (χ4n) is 2.34. The maximum Gasteiger partial charge on any atom is 0.148 e. The largest absolute Gasteiger partial charge is 0.394 e. The van der Waals surface area contributed by atoms with E-state index in [1.165, 1.54) is 24.4 Å². The molecular weight excluding hydrogens is 238 g/mol. The van der Waals surface area contributed by atoms with Gasteiger partial charge in [-0.05, 0) is 18.6 Å². The van der Waals surface area contributed by atoms with Crippen LogP contribution in [-0.4, -0.2) is 16.3 Å². The number of benzene rings is 1. The fraction of sp³-hybridized carbons (Fsp3) is 0.250. The summed E-state index contributed by atoms with van der Waals surface area (Å²) in [6.07, 6.45) is 2.05. The van der Waals surface area contributed by atoms with Crippen LogP contribution in [0.3, 0.4) is 0 Å². The van der Waals surface area contributed by atoms with Gasteiger partial charge in [-0.3, -0.25) is 0 Å². The van der Waals surface area contributed by atoms with Gasteiger partial charge in [-0.2, -0.15) is 5.10 Å². The molecule has 1 atom stereocenters. The molecule has 94 valence electrons. The second-order valence-corrected chi connectivity index (χ2v) is 4.26. The van der Waals surface area contributed by atoms with E-state index in [4.69, 9.17) is 5.73 Å². The Morgan fingerprint density at radius 2 is 2.06 bits per heavy atom. The zero-order valence-corrected chi connectivity index (χ0v) is 9.53. The van der Waals surface area contributed by atoms with E-state index in [9.17, 15) is 8.78 Å². The van der Waals surface area contributed by atoms with Crippen molar-refractivity contribution in [2.75, 3.05) is 17.6 Å². The Bertz CT molecular complexity index is 574. The molecule has 2 aromatic rings. The third-order valence-corrected chi connectivity index (χ3v) is 3.16. The Labute approximate surface area is 102 Å². The Kier molecular flexibility index (Phi) is 2.43. The summed E-state index contributed by atoms with van der Waals surface area (Å²) >= 11 is 0. The smallest absolute Gasteiger partial charge is 0.148 e. The third-order valence-electron chi connectivity index (χ3n) is 3.16. The number of hydrogen-bond donors (Lipinski definition) is 2. The predicted molar refractivity (Wildman–Crippen MR) is 64.2 cm³/mol. The molecule has 1 aliphatic rings. The number of aromatic nitrogens is 2. The summed E-state index contributed by atoms with van der Waals surface area (Å²) < 4.78 is 29.1. The predicted octanol–water partition coefficient (Wildman–Crippen LogP) is 2.15. The van der Waals surface area contributed by atoms with Gasteiger partial charge in [-0.1, -0.05) is 6.07 Å². The summed E-state index contributed by atoms with van der Waals surface area (Å²) in [5.41, 5.74) is 6.27. The molecule has 1 aliphatic heterocycles. The minimum Gasteiger partial charge on any atom is -0.394 e. The van der Waals surface area contributed by atoms with Crippen LogP contribution in [0.2, 0.25) is 0 Å². The number of rotatable bonds is 1. The zero-order valence-electron chi connectivity index (χ0n) is 9.53. The van der Waals surface area contributed by atoms with Crippen molar-refractivity contribution in [3.63, 3.8) is 0 Å². The van der Waals surface area contributed by atoms with Gasteiger partial charge in [0.15, 0.2) is 0 Å². The van der Waals surface area contributed by atoms with E-state index < -0.39 is 17.7 Å². The van der Waals surface area contributed by atoms with E-state index in [1.54, 1.807) is 4.68 Å². The molecule has 0 saturated carbocycles. The van der Waals surface area contributed by atoms with Gasteiger partial charge in [-0.15, -0.1) is 0 Å². The highest BCUT2D eigenvalue weighted by Gasteiger charge is 2.28. The first-order valence-electron chi connectivity index (χ1n) is 5.69. The van der Waals surface area contributed by atoms with E-state index >= 15 is 0 Å². The van der Waals surface area contributed by atoms with E-state index in [0.717, 1.165) is 0 Å². The Balaban J connectivity index is 2.14. The summed E-state index contributed by atoms with van der Waals surface area (Å²) in [5.74, 6) is -0.488. The molecule has 4 nitrogen and oxygen atoms in total. The molecule has 3 rings (SSSR count). The molecule has 18 heavy (non-hydrogen) atoms. The van der Waals surface area contributed by atoms with Crippen LogP contribution >= 0.6 is 0 Å². The highest BCUT2D eigenvalue weighted by atomic mass is 19.1. The van der Waals surface area contributed by atoms with Crippen molar-refractivity contribution < 1.29 is 8.78 Å². The third kappa shape index (κ3) is 1.53. The lowest BCUT2D eigenvalue weighted by Crippen LogP contribution is -2.26. The van der Waals surface area contributed by atoms with Gasteiger partial charge in [0.25, 0.3) is 0 Å². The van der Waals surface area contributed by atoms with Gasteiger partial charge in [-0.25, -0.2) is 13.5 Å². The molecule has 3 N–H and O–H groups in total. The molecule has 0 aliphatic carbocycles. The van der Waals surface area contributed by atoms with Crippen LogP contribution in [0.1, 0.15) is 18.0 Å². The Morgan fingerprint density at radius 3 is 2.78 bits per heavy atom. The van der Waals surface area contributed by atoms with Gasteiger partial charge >= 0.3 is 0 Å². The molecular formula is C12H12F2N4. The van der Waals surface area contributed by atoms with Crippen LogP contribution in [0, 0.1) is 11.6 Å². The van der Waals surface area contributed by atoms with Crippen molar-refractivity contribution in [2.45, 2.75) is 12.5 Å². The lowest BCUT2D eigenvalue weighted by molar-refractivity contribution is 0.434. The van der Waals surface area contributed by atoms with E-state index in [0.29, 0.717) is 24.5 Å². The monoisotopic (exact) mass is 250 g/mol. The van der Waals surface area contributed by atoms with Crippen molar-refractivity contribution in [2.24, 2.45) is 0 Å². The highest BCUT2D eigenvalue weighted by molar-refractivity contribution is 5.62. The first-order chi connectivity index (χ1) is 8.68. The quantitative estimate of drug-likeness (QED) is 0.815. The van der Waals surface area contributed by atoms with Crippen molar-refractivity contribution in [3.05, 3.63) is 41.6 Å². The number of anilines is 2.